The third-order valence-electron chi connectivity index (χ3n) is 6.99. The zero-order valence-corrected chi connectivity index (χ0v) is 24.9. The van der Waals surface area contributed by atoms with Gasteiger partial charge in [0, 0.05) is 13.1 Å². The van der Waals surface area contributed by atoms with Gasteiger partial charge < -0.3 is 24.6 Å². The van der Waals surface area contributed by atoms with Crippen LogP contribution in [0.1, 0.15) is 46.3 Å². The number of benzene rings is 1. The number of carbonyl (C=O) groups excluding carboxylic acids is 1. The molecule has 1 saturated heterocycles. The molecule has 1 aromatic carbocycles. The van der Waals surface area contributed by atoms with Crippen LogP contribution in [0.15, 0.2) is 36.7 Å². The van der Waals surface area contributed by atoms with Crippen LogP contribution >= 0.6 is 7.75 Å². The normalized spacial score (nSPS) is 22.4. The number of hydrogen-bond donors (Lipinski definition) is 2. The lowest BCUT2D eigenvalue weighted by atomic mass is 10.0. The van der Waals surface area contributed by atoms with Gasteiger partial charge in [-0.05, 0) is 52.2 Å². The number of aromatic nitrogens is 4. The molecule has 5 rings (SSSR count). The first-order valence-corrected chi connectivity index (χ1v) is 15.4. The Bertz CT molecular complexity index is 1510. The summed E-state index contributed by atoms with van der Waals surface area (Å²) in [6, 6.07) is 7.97. The van der Waals surface area contributed by atoms with Gasteiger partial charge in [-0.1, -0.05) is 24.1 Å². The fourth-order valence-corrected chi connectivity index (χ4v) is 6.29. The molecule has 2 fully saturated rings. The van der Waals surface area contributed by atoms with Crippen LogP contribution in [0.5, 0.6) is 5.75 Å². The molecule has 0 radical (unpaired) electrons. The van der Waals surface area contributed by atoms with E-state index in [1.165, 1.54) is 6.92 Å². The molecule has 2 aliphatic rings. The maximum atomic E-state index is 13.9. The Balaban J connectivity index is 1.33. The molecular weight excluding hydrogens is 561 g/mol. The lowest BCUT2D eigenvalue weighted by molar-refractivity contribution is -0.149. The molecule has 0 spiro atoms. The molecule has 42 heavy (non-hydrogen) atoms. The smallest absolute Gasteiger partial charge is 0.459 e. The maximum absolute atomic E-state index is 13.9. The number of nitrogens with zero attached hydrogens (tertiary/aromatic N) is 5. The Morgan fingerprint density at radius 2 is 2.02 bits per heavy atom. The average Bonchev–Trinajstić information content (AvgIpc) is 3.59. The van der Waals surface area contributed by atoms with Gasteiger partial charge in [-0.25, -0.2) is 9.55 Å². The third kappa shape index (κ3) is 6.68. The number of imidazole rings is 1. The molecule has 0 amide bonds. The SMILES string of the molecule is C#C[C@H]1C[C@@H](CO[P@@](=O)(N[C@H](C)C(=O)OC(C)C)Oc2ccccc2)O[C@H]1n1cnc2c(N(C)C3CC3)nc(N)nc21. The summed E-state index contributed by atoms with van der Waals surface area (Å²) in [4.78, 5) is 28.0. The molecule has 1 aliphatic carbocycles. The first kappa shape index (κ1) is 29.8. The largest absolute Gasteiger partial charge is 0.462 e. The molecule has 3 aromatic rings. The van der Waals surface area contributed by atoms with E-state index >= 15 is 0 Å². The number of carbonyl (C=O) groups is 1. The number of ether oxygens (including phenoxy) is 2. The van der Waals surface area contributed by atoms with Gasteiger partial charge in [-0.3, -0.25) is 13.9 Å². The van der Waals surface area contributed by atoms with Gasteiger partial charge in [0.1, 0.15) is 11.8 Å². The van der Waals surface area contributed by atoms with E-state index in [2.05, 4.69) is 30.9 Å². The van der Waals surface area contributed by atoms with E-state index in [9.17, 15) is 9.36 Å². The Morgan fingerprint density at radius 3 is 2.69 bits per heavy atom. The number of nitrogens with two attached hydrogens (primary N) is 1. The second kappa shape index (κ2) is 12.3. The highest BCUT2D eigenvalue weighted by Crippen LogP contribution is 2.46. The van der Waals surface area contributed by atoms with Crippen LogP contribution in [0.25, 0.3) is 11.2 Å². The molecule has 0 unspecified atom stereocenters. The second-order valence-corrected chi connectivity index (χ2v) is 12.5. The van der Waals surface area contributed by atoms with Crippen molar-refractivity contribution in [1.82, 2.24) is 24.6 Å². The average molecular weight is 598 g/mol. The molecular formula is C28H36N7O6P. The summed E-state index contributed by atoms with van der Waals surface area (Å²) in [5.41, 5.74) is 7.18. The van der Waals surface area contributed by atoms with Gasteiger partial charge in [0.2, 0.25) is 5.95 Å². The third-order valence-corrected chi connectivity index (χ3v) is 8.63. The Morgan fingerprint density at radius 1 is 1.29 bits per heavy atom. The predicted octanol–water partition coefficient (Wildman–Crippen LogP) is 3.68. The van der Waals surface area contributed by atoms with E-state index in [4.69, 9.17) is 30.7 Å². The van der Waals surface area contributed by atoms with E-state index in [0.29, 0.717) is 35.2 Å². The van der Waals surface area contributed by atoms with Crippen molar-refractivity contribution in [3.63, 3.8) is 0 Å². The van der Waals surface area contributed by atoms with Crippen LogP contribution < -0.4 is 20.2 Å². The highest BCUT2D eigenvalue weighted by atomic mass is 31.2. The zero-order valence-electron chi connectivity index (χ0n) is 24.0. The lowest BCUT2D eigenvalue weighted by Crippen LogP contribution is -2.36. The fourth-order valence-electron chi connectivity index (χ4n) is 4.76. The number of anilines is 2. The summed E-state index contributed by atoms with van der Waals surface area (Å²) < 4.78 is 38.7. The molecule has 3 N–H and O–H groups in total. The van der Waals surface area contributed by atoms with Crippen LogP contribution in [-0.4, -0.2) is 63.4 Å². The summed E-state index contributed by atoms with van der Waals surface area (Å²) in [7, 11) is -2.10. The minimum absolute atomic E-state index is 0.122. The van der Waals surface area contributed by atoms with Crippen LogP contribution in [0, 0.1) is 18.3 Å². The molecule has 0 bridgehead atoms. The van der Waals surface area contributed by atoms with Crippen molar-refractivity contribution < 1.29 is 27.9 Å². The van der Waals surface area contributed by atoms with E-state index in [1.807, 2.05) is 7.05 Å². The predicted molar refractivity (Wildman–Crippen MR) is 156 cm³/mol. The van der Waals surface area contributed by atoms with E-state index < -0.39 is 32.1 Å². The van der Waals surface area contributed by atoms with Gasteiger partial charge >= 0.3 is 13.7 Å². The molecule has 1 aliphatic heterocycles. The van der Waals surface area contributed by atoms with Crippen molar-refractivity contribution in [3.05, 3.63) is 36.7 Å². The maximum Gasteiger partial charge on any atom is 0.459 e. The zero-order chi connectivity index (χ0) is 30.0. The summed E-state index contributed by atoms with van der Waals surface area (Å²) in [5.74, 6) is 2.92. The van der Waals surface area contributed by atoms with Crippen LogP contribution in [0.3, 0.4) is 0 Å². The Labute approximate surface area is 244 Å². The summed E-state index contributed by atoms with van der Waals surface area (Å²) in [6.07, 6.45) is 8.59. The van der Waals surface area contributed by atoms with Gasteiger partial charge in [-0.15, -0.1) is 6.42 Å². The summed E-state index contributed by atoms with van der Waals surface area (Å²) in [5, 5.41) is 2.69. The summed E-state index contributed by atoms with van der Waals surface area (Å²) >= 11 is 0. The fraction of sp³-hybridized carbons (Fsp3) is 0.500. The molecule has 2 aromatic heterocycles. The number of fused-ring (bicyclic) bond motifs is 1. The van der Waals surface area contributed by atoms with Crippen molar-refractivity contribution in [2.75, 3.05) is 24.3 Å². The number of esters is 1. The highest BCUT2D eigenvalue weighted by molar-refractivity contribution is 7.52. The van der Waals surface area contributed by atoms with E-state index in [-0.39, 0.29) is 24.6 Å². The van der Waals surface area contributed by atoms with E-state index in [0.717, 1.165) is 12.8 Å². The standard InChI is InChI=1S/C28H36N7O6P/c1-6-19-14-22(15-38-42(37,41-21-10-8-7-9-11-21)33-18(4)27(36)39-17(2)3)40-26(19)35-16-30-23-24(34(5)20-12-13-20)31-28(29)32-25(23)35/h1,7-11,16-20,22,26H,12-15H2,2-5H3,(H,33,37)(H2,29,31,32)/t18-,19+,22+,26-,42+/m1/s1. The van der Waals surface area contributed by atoms with Crippen LogP contribution in [-0.2, 0) is 23.4 Å². The highest BCUT2D eigenvalue weighted by Gasteiger charge is 2.40. The van der Waals surface area contributed by atoms with Crippen molar-refractivity contribution in [2.24, 2.45) is 5.92 Å². The molecule has 13 nitrogen and oxygen atoms in total. The number of rotatable bonds is 12. The molecule has 14 heteroatoms. The summed E-state index contributed by atoms with van der Waals surface area (Å²) in [6.45, 7) is 4.86. The van der Waals surface area contributed by atoms with Gasteiger partial charge in [-0.2, -0.15) is 15.1 Å². The van der Waals surface area contributed by atoms with Crippen molar-refractivity contribution in [1.29, 1.82) is 0 Å². The van der Waals surface area contributed by atoms with Gasteiger partial charge in [0.05, 0.1) is 31.1 Å². The number of nitrogens with one attached hydrogen (secondary N) is 1. The quantitative estimate of drug-likeness (QED) is 0.178. The molecule has 3 heterocycles. The van der Waals surface area contributed by atoms with Gasteiger partial charge in [0.15, 0.2) is 23.2 Å². The Hall–Kier alpha value is -3.69. The van der Waals surface area contributed by atoms with Gasteiger partial charge in [0.25, 0.3) is 0 Å². The molecule has 1 saturated carbocycles. The first-order chi connectivity index (χ1) is 20.1. The lowest BCUT2D eigenvalue weighted by Gasteiger charge is -2.24. The second-order valence-electron chi connectivity index (χ2n) is 10.8. The topological polar surface area (TPSA) is 156 Å². The molecule has 5 atom stereocenters. The number of nitrogen functional groups attached to an aromatic ring is 1. The van der Waals surface area contributed by atoms with Crippen LogP contribution in [0.2, 0.25) is 0 Å². The van der Waals surface area contributed by atoms with Crippen molar-refractivity contribution in [3.8, 4) is 18.1 Å². The van der Waals surface area contributed by atoms with E-state index in [1.54, 1.807) is 55.1 Å². The molecule has 224 valence electrons. The Kier molecular flexibility index (Phi) is 8.70. The number of hydrogen-bond acceptors (Lipinski definition) is 11. The number of terminal acetylenes is 1. The van der Waals surface area contributed by atoms with Crippen molar-refractivity contribution >= 4 is 36.6 Å². The minimum atomic E-state index is -4.07. The monoisotopic (exact) mass is 597 g/mol. The first-order valence-electron chi connectivity index (χ1n) is 13.9. The minimum Gasteiger partial charge on any atom is -0.462 e. The van der Waals surface area contributed by atoms with Crippen molar-refractivity contribution in [2.45, 2.75) is 70.6 Å². The number of para-hydroxylation sites is 1. The van der Waals surface area contributed by atoms with Crippen LogP contribution in [0.4, 0.5) is 11.8 Å².